The molecule has 1 fully saturated rings. The SMILES string of the molecule is CCOC(=O)C1(CCOC)CCN(Cc2ccc(N(C)c3ccccc3)cc2)CC1. The first-order valence-electron chi connectivity index (χ1n) is 10.8. The number of nitrogens with zero attached hydrogens (tertiary/aromatic N) is 2. The van der Waals surface area contributed by atoms with Gasteiger partial charge in [-0.05, 0) is 69.1 Å². The Hall–Kier alpha value is -2.37. The number of hydrogen-bond acceptors (Lipinski definition) is 5. The van der Waals surface area contributed by atoms with E-state index in [0.717, 1.165) is 38.9 Å². The molecule has 5 nitrogen and oxygen atoms in total. The van der Waals surface area contributed by atoms with E-state index in [-0.39, 0.29) is 5.97 Å². The molecule has 0 amide bonds. The van der Waals surface area contributed by atoms with Crippen LogP contribution in [0.15, 0.2) is 54.6 Å². The molecule has 0 saturated carbocycles. The van der Waals surface area contributed by atoms with Gasteiger partial charge in [-0.1, -0.05) is 30.3 Å². The van der Waals surface area contributed by atoms with Crippen LogP contribution in [0.1, 0.15) is 31.7 Å². The number of esters is 1. The Balaban J connectivity index is 1.58. The second-order valence-electron chi connectivity index (χ2n) is 8.08. The van der Waals surface area contributed by atoms with Gasteiger partial charge in [0, 0.05) is 38.7 Å². The summed E-state index contributed by atoms with van der Waals surface area (Å²) in [6.07, 6.45) is 2.38. The van der Waals surface area contributed by atoms with Gasteiger partial charge in [-0.2, -0.15) is 0 Å². The highest BCUT2D eigenvalue weighted by Crippen LogP contribution is 2.37. The van der Waals surface area contributed by atoms with Gasteiger partial charge in [0.05, 0.1) is 12.0 Å². The molecule has 0 aromatic heterocycles. The van der Waals surface area contributed by atoms with Crippen molar-refractivity contribution >= 4 is 17.3 Å². The quantitative estimate of drug-likeness (QED) is 0.564. The van der Waals surface area contributed by atoms with Crippen LogP contribution < -0.4 is 4.90 Å². The molecule has 0 aliphatic carbocycles. The number of benzene rings is 2. The summed E-state index contributed by atoms with van der Waals surface area (Å²) in [5, 5.41) is 0. The van der Waals surface area contributed by atoms with Crippen LogP contribution in [-0.2, 0) is 20.8 Å². The first-order valence-corrected chi connectivity index (χ1v) is 10.8. The van der Waals surface area contributed by atoms with E-state index >= 15 is 0 Å². The Bertz CT molecular complexity index is 784. The number of para-hydroxylation sites is 1. The lowest BCUT2D eigenvalue weighted by Crippen LogP contribution is -2.45. The highest BCUT2D eigenvalue weighted by molar-refractivity contribution is 5.77. The smallest absolute Gasteiger partial charge is 0.312 e. The van der Waals surface area contributed by atoms with Gasteiger partial charge in [-0.15, -0.1) is 0 Å². The molecule has 2 aromatic rings. The maximum Gasteiger partial charge on any atom is 0.312 e. The van der Waals surface area contributed by atoms with Crippen molar-refractivity contribution in [1.29, 1.82) is 0 Å². The zero-order valence-electron chi connectivity index (χ0n) is 18.5. The molecular formula is C25H34N2O3. The summed E-state index contributed by atoms with van der Waals surface area (Å²) in [7, 11) is 3.77. The van der Waals surface area contributed by atoms with Crippen LogP contribution in [0.4, 0.5) is 11.4 Å². The van der Waals surface area contributed by atoms with E-state index in [2.05, 4.69) is 65.4 Å². The maximum atomic E-state index is 12.6. The molecule has 1 heterocycles. The molecule has 0 radical (unpaired) electrons. The average Bonchev–Trinajstić information content (AvgIpc) is 2.79. The molecule has 1 aliphatic heterocycles. The molecule has 0 N–H and O–H groups in total. The number of carbonyl (C=O) groups is 1. The fourth-order valence-electron chi connectivity index (χ4n) is 4.16. The first-order chi connectivity index (χ1) is 14.6. The summed E-state index contributed by atoms with van der Waals surface area (Å²) in [6.45, 7) is 5.59. The van der Waals surface area contributed by atoms with Crippen molar-refractivity contribution in [3.63, 3.8) is 0 Å². The second kappa shape index (κ2) is 10.6. The van der Waals surface area contributed by atoms with E-state index in [1.165, 1.54) is 16.9 Å². The van der Waals surface area contributed by atoms with Gasteiger partial charge < -0.3 is 14.4 Å². The Morgan fingerprint density at radius 3 is 2.27 bits per heavy atom. The zero-order chi connectivity index (χ0) is 21.4. The van der Waals surface area contributed by atoms with Crippen molar-refractivity contribution in [3.8, 4) is 0 Å². The van der Waals surface area contributed by atoms with Crippen LogP contribution in [-0.4, -0.2) is 51.3 Å². The largest absolute Gasteiger partial charge is 0.466 e. The van der Waals surface area contributed by atoms with E-state index < -0.39 is 5.41 Å². The van der Waals surface area contributed by atoms with Crippen LogP contribution in [0.5, 0.6) is 0 Å². The average molecular weight is 411 g/mol. The molecule has 0 bridgehead atoms. The number of hydrogen-bond donors (Lipinski definition) is 0. The molecule has 3 rings (SSSR count). The van der Waals surface area contributed by atoms with Crippen LogP contribution >= 0.6 is 0 Å². The molecule has 2 aromatic carbocycles. The third-order valence-electron chi connectivity index (χ3n) is 6.18. The van der Waals surface area contributed by atoms with Crippen LogP contribution in [0, 0.1) is 5.41 Å². The predicted molar refractivity (Wildman–Crippen MR) is 121 cm³/mol. The van der Waals surface area contributed by atoms with Crippen LogP contribution in [0.25, 0.3) is 0 Å². The standard InChI is InChI=1S/C25H34N2O3/c1-4-30-24(28)25(16-19-29-3)14-17-27(18-15-25)20-21-10-12-23(13-11-21)26(2)22-8-6-5-7-9-22/h5-13H,4,14-20H2,1-3H3. The zero-order valence-corrected chi connectivity index (χ0v) is 18.5. The molecule has 1 saturated heterocycles. The summed E-state index contributed by atoms with van der Waals surface area (Å²) in [5.41, 5.74) is 3.24. The van der Waals surface area contributed by atoms with Crippen molar-refractivity contribution in [1.82, 2.24) is 4.90 Å². The van der Waals surface area contributed by atoms with Gasteiger partial charge in [-0.25, -0.2) is 0 Å². The Kier molecular flexibility index (Phi) is 7.88. The summed E-state index contributed by atoms with van der Waals surface area (Å²) in [4.78, 5) is 17.2. The van der Waals surface area contributed by atoms with E-state index in [1.54, 1.807) is 7.11 Å². The third-order valence-corrected chi connectivity index (χ3v) is 6.18. The molecular weight excluding hydrogens is 376 g/mol. The Labute approximate surface area is 180 Å². The molecule has 0 spiro atoms. The number of likely N-dealkylation sites (tertiary alicyclic amines) is 1. The lowest BCUT2D eigenvalue weighted by Gasteiger charge is -2.40. The van der Waals surface area contributed by atoms with Gasteiger partial charge in [0.2, 0.25) is 0 Å². The number of anilines is 2. The van der Waals surface area contributed by atoms with Gasteiger partial charge in [0.25, 0.3) is 0 Å². The topological polar surface area (TPSA) is 42.0 Å². The Morgan fingerprint density at radius 1 is 1.03 bits per heavy atom. The van der Waals surface area contributed by atoms with Gasteiger partial charge in [0.15, 0.2) is 0 Å². The maximum absolute atomic E-state index is 12.6. The lowest BCUT2D eigenvalue weighted by atomic mass is 9.75. The number of piperidine rings is 1. The first kappa shape index (κ1) is 22.3. The monoisotopic (exact) mass is 410 g/mol. The predicted octanol–water partition coefficient (Wildman–Crippen LogP) is 4.64. The molecule has 0 unspecified atom stereocenters. The van der Waals surface area contributed by atoms with E-state index in [1.807, 2.05) is 13.0 Å². The minimum atomic E-state index is -0.398. The molecule has 1 aliphatic rings. The van der Waals surface area contributed by atoms with Crippen molar-refractivity contribution < 1.29 is 14.3 Å². The highest BCUT2D eigenvalue weighted by atomic mass is 16.5. The van der Waals surface area contributed by atoms with Crippen molar-refractivity contribution in [2.24, 2.45) is 5.41 Å². The number of ether oxygens (including phenoxy) is 2. The van der Waals surface area contributed by atoms with E-state index in [9.17, 15) is 4.79 Å². The summed E-state index contributed by atoms with van der Waals surface area (Å²) >= 11 is 0. The van der Waals surface area contributed by atoms with Gasteiger partial charge in [0.1, 0.15) is 0 Å². The van der Waals surface area contributed by atoms with Crippen LogP contribution in [0.2, 0.25) is 0 Å². The molecule has 162 valence electrons. The minimum absolute atomic E-state index is 0.0602. The number of rotatable bonds is 9. The van der Waals surface area contributed by atoms with Crippen molar-refractivity contribution in [2.45, 2.75) is 32.7 Å². The van der Waals surface area contributed by atoms with Crippen molar-refractivity contribution in [3.05, 3.63) is 60.2 Å². The van der Waals surface area contributed by atoms with Gasteiger partial charge >= 0.3 is 5.97 Å². The molecule has 30 heavy (non-hydrogen) atoms. The molecule has 5 heteroatoms. The third kappa shape index (κ3) is 5.41. The highest BCUT2D eigenvalue weighted by Gasteiger charge is 2.42. The summed E-state index contributed by atoms with van der Waals surface area (Å²) in [6, 6.07) is 19.1. The van der Waals surface area contributed by atoms with Crippen LogP contribution in [0.3, 0.4) is 0 Å². The van der Waals surface area contributed by atoms with Gasteiger partial charge in [-0.3, -0.25) is 9.69 Å². The second-order valence-corrected chi connectivity index (χ2v) is 8.08. The van der Waals surface area contributed by atoms with E-state index in [4.69, 9.17) is 9.47 Å². The summed E-state index contributed by atoms with van der Waals surface area (Å²) < 4.78 is 10.6. The normalized spacial score (nSPS) is 16.2. The number of methoxy groups -OCH3 is 1. The fourth-order valence-corrected chi connectivity index (χ4v) is 4.16. The lowest BCUT2D eigenvalue weighted by molar-refractivity contribution is -0.160. The van der Waals surface area contributed by atoms with Crippen molar-refractivity contribution in [2.75, 3.05) is 45.4 Å². The Morgan fingerprint density at radius 2 is 1.67 bits per heavy atom. The minimum Gasteiger partial charge on any atom is -0.466 e. The van der Waals surface area contributed by atoms with E-state index in [0.29, 0.717) is 13.2 Å². The number of carbonyl (C=O) groups excluding carboxylic acids is 1. The molecule has 0 atom stereocenters. The fraction of sp³-hybridized carbons (Fsp3) is 0.480. The summed E-state index contributed by atoms with van der Waals surface area (Å²) in [5.74, 6) is -0.0602.